The fraction of sp³-hybridized carbons (Fsp3) is 0.250. The first-order valence-electron chi connectivity index (χ1n) is 5.09. The van der Waals surface area contributed by atoms with Gasteiger partial charge in [0, 0.05) is 22.7 Å². The van der Waals surface area contributed by atoms with Gasteiger partial charge in [0.1, 0.15) is 6.04 Å². The van der Waals surface area contributed by atoms with Gasteiger partial charge in [-0.15, -0.1) is 0 Å². The van der Waals surface area contributed by atoms with Crippen molar-refractivity contribution < 1.29 is 9.53 Å². The van der Waals surface area contributed by atoms with E-state index in [2.05, 4.69) is 10.3 Å². The van der Waals surface area contributed by atoms with Crippen molar-refractivity contribution in [1.29, 1.82) is 0 Å². The zero-order chi connectivity index (χ0) is 11.5. The first-order chi connectivity index (χ1) is 7.77. The van der Waals surface area contributed by atoms with Gasteiger partial charge in [0.25, 0.3) is 0 Å². The van der Waals surface area contributed by atoms with Crippen LogP contribution in [0.4, 0.5) is 0 Å². The molecule has 2 aromatic rings. The molecule has 0 saturated carbocycles. The molecule has 1 unspecified atom stereocenters. The smallest absolute Gasteiger partial charge is 0.327 e. The van der Waals surface area contributed by atoms with Crippen LogP contribution >= 0.6 is 0 Å². The van der Waals surface area contributed by atoms with E-state index in [9.17, 15) is 4.79 Å². The van der Waals surface area contributed by atoms with E-state index in [1.165, 1.54) is 7.11 Å². The van der Waals surface area contributed by atoms with Crippen LogP contribution in [0.5, 0.6) is 0 Å². The number of methoxy groups -OCH3 is 1. The van der Waals surface area contributed by atoms with Crippen LogP contribution in [0.2, 0.25) is 0 Å². The lowest BCUT2D eigenvalue weighted by atomic mass is 10.1. The lowest BCUT2D eigenvalue weighted by Gasteiger charge is -2.12. The summed E-state index contributed by atoms with van der Waals surface area (Å²) in [5, 5.41) is 3.99. The molecule has 0 spiro atoms. The van der Waals surface area contributed by atoms with E-state index >= 15 is 0 Å². The summed E-state index contributed by atoms with van der Waals surface area (Å²) >= 11 is 0. The van der Waals surface area contributed by atoms with Crippen LogP contribution in [0, 0.1) is 0 Å². The van der Waals surface area contributed by atoms with Crippen molar-refractivity contribution in [2.24, 2.45) is 0 Å². The summed E-state index contributed by atoms with van der Waals surface area (Å²) in [6, 6.07) is 7.43. The molecule has 16 heavy (non-hydrogen) atoms. The number of hydrogen-bond acceptors (Lipinski definition) is 3. The van der Waals surface area contributed by atoms with Gasteiger partial charge in [0.15, 0.2) is 0 Å². The fourth-order valence-corrected chi connectivity index (χ4v) is 1.85. The highest BCUT2D eigenvalue weighted by Crippen LogP contribution is 2.24. The Hall–Kier alpha value is -1.81. The molecule has 0 amide bonds. The van der Waals surface area contributed by atoms with Crippen LogP contribution in [-0.4, -0.2) is 25.1 Å². The van der Waals surface area contributed by atoms with Crippen molar-refractivity contribution in [1.82, 2.24) is 10.3 Å². The predicted octanol–water partition coefficient (Wildman–Crippen LogP) is 1.60. The zero-order valence-corrected chi connectivity index (χ0v) is 9.28. The Labute approximate surface area is 93.6 Å². The van der Waals surface area contributed by atoms with Crippen LogP contribution in [0.1, 0.15) is 11.6 Å². The second kappa shape index (κ2) is 4.37. The van der Waals surface area contributed by atoms with Gasteiger partial charge in [-0.2, -0.15) is 0 Å². The summed E-state index contributed by atoms with van der Waals surface area (Å²) in [5.74, 6) is -0.285. The average Bonchev–Trinajstić information content (AvgIpc) is 2.74. The van der Waals surface area contributed by atoms with Gasteiger partial charge < -0.3 is 15.0 Å². The van der Waals surface area contributed by atoms with Crippen LogP contribution in [0.15, 0.2) is 30.5 Å². The number of carbonyl (C=O) groups is 1. The standard InChI is InChI=1S/C12H14N2O2/c1-13-11(12(15)16-2)9-7-14-10-6-4-3-5-8(9)10/h3-7,11,13-14H,1-2H3. The normalized spacial score (nSPS) is 12.6. The molecule has 4 heteroatoms. The Morgan fingerprint density at radius 3 is 2.88 bits per heavy atom. The van der Waals surface area contributed by atoms with E-state index in [1.807, 2.05) is 30.5 Å². The Morgan fingerprint density at radius 1 is 1.44 bits per heavy atom. The number of rotatable bonds is 3. The molecular weight excluding hydrogens is 204 g/mol. The van der Waals surface area contributed by atoms with Crippen LogP contribution in [0.3, 0.4) is 0 Å². The maximum atomic E-state index is 11.6. The fourth-order valence-electron chi connectivity index (χ4n) is 1.85. The number of H-pyrrole nitrogens is 1. The molecule has 2 rings (SSSR count). The summed E-state index contributed by atoms with van der Waals surface area (Å²) in [6.45, 7) is 0. The van der Waals surface area contributed by atoms with Gasteiger partial charge in [-0.3, -0.25) is 0 Å². The monoisotopic (exact) mass is 218 g/mol. The summed E-state index contributed by atoms with van der Waals surface area (Å²) in [6.07, 6.45) is 1.84. The topological polar surface area (TPSA) is 54.1 Å². The molecule has 0 bridgehead atoms. The minimum Gasteiger partial charge on any atom is -0.468 e. The quantitative estimate of drug-likeness (QED) is 0.769. The molecule has 1 aromatic carbocycles. The molecule has 0 aliphatic rings. The molecule has 0 aliphatic carbocycles. The highest BCUT2D eigenvalue weighted by Gasteiger charge is 2.21. The number of benzene rings is 1. The van der Waals surface area contributed by atoms with Crippen molar-refractivity contribution in [3.05, 3.63) is 36.0 Å². The van der Waals surface area contributed by atoms with Crippen molar-refractivity contribution in [2.75, 3.05) is 14.2 Å². The molecule has 0 saturated heterocycles. The van der Waals surface area contributed by atoms with E-state index < -0.39 is 6.04 Å². The van der Waals surface area contributed by atoms with Gasteiger partial charge in [-0.25, -0.2) is 4.79 Å². The van der Waals surface area contributed by atoms with E-state index in [0.29, 0.717) is 0 Å². The van der Waals surface area contributed by atoms with Crippen molar-refractivity contribution >= 4 is 16.9 Å². The molecule has 0 radical (unpaired) electrons. The number of carbonyl (C=O) groups excluding carboxylic acids is 1. The van der Waals surface area contributed by atoms with E-state index in [-0.39, 0.29) is 5.97 Å². The van der Waals surface area contributed by atoms with Crippen LogP contribution < -0.4 is 5.32 Å². The lowest BCUT2D eigenvalue weighted by Crippen LogP contribution is -2.26. The average molecular weight is 218 g/mol. The Bertz CT molecular complexity index is 504. The van der Waals surface area contributed by atoms with Crippen molar-refractivity contribution in [3.63, 3.8) is 0 Å². The minimum absolute atomic E-state index is 0.285. The summed E-state index contributed by atoms with van der Waals surface area (Å²) < 4.78 is 4.76. The lowest BCUT2D eigenvalue weighted by molar-refractivity contribution is -0.143. The number of hydrogen-bond donors (Lipinski definition) is 2. The molecular formula is C12H14N2O2. The Morgan fingerprint density at radius 2 is 2.19 bits per heavy atom. The molecule has 0 fully saturated rings. The molecule has 4 nitrogen and oxygen atoms in total. The number of fused-ring (bicyclic) bond motifs is 1. The number of aromatic amines is 1. The maximum absolute atomic E-state index is 11.6. The first-order valence-corrected chi connectivity index (χ1v) is 5.09. The number of nitrogens with one attached hydrogen (secondary N) is 2. The van der Waals surface area contributed by atoms with Crippen LogP contribution in [-0.2, 0) is 9.53 Å². The Kier molecular flexibility index (Phi) is 2.92. The van der Waals surface area contributed by atoms with E-state index in [0.717, 1.165) is 16.5 Å². The largest absolute Gasteiger partial charge is 0.468 e. The first kappa shape index (κ1) is 10.7. The third-order valence-corrected chi connectivity index (χ3v) is 2.66. The third-order valence-electron chi connectivity index (χ3n) is 2.66. The predicted molar refractivity (Wildman–Crippen MR) is 62.1 cm³/mol. The summed E-state index contributed by atoms with van der Waals surface area (Å²) in [4.78, 5) is 14.7. The number of para-hydroxylation sites is 1. The van der Waals surface area contributed by atoms with Crippen molar-refractivity contribution in [2.45, 2.75) is 6.04 Å². The molecule has 1 aromatic heterocycles. The molecule has 2 N–H and O–H groups in total. The molecule has 1 atom stereocenters. The summed E-state index contributed by atoms with van der Waals surface area (Å²) in [5.41, 5.74) is 1.92. The van der Waals surface area contributed by atoms with E-state index in [1.54, 1.807) is 7.05 Å². The number of ether oxygens (including phenoxy) is 1. The SMILES string of the molecule is CNC(C(=O)OC)c1c[nH]c2ccccc12. The highest BCUT2D eigenvalue weighted by molar-refractivity contribution is 5.89. The van der Waals surface area contributed by atoms with Gasteiger partial charge >= 0.3 is 5.97 Å². The van der Waals surface area contributed by atoms with Gasteiger partial charge in [-0.1, -0.05) is 18.2 Å². The van der Waals surface area contributed by atoms with E-state index in [4.69, 9.17) is 4.74 Å². The second-order valence-corrected chi connectivity index (χ2v) is 3.53. The molecule has 84 valence electrons. The maximum Gasteiger partial charge on any atom is 0.327 e. The second-order valence-electron chi connectivity index (χ2n) is 3.53. The van der Waals surface area contributed by atoms with Gasteiger partial charge in [0.2, 0.25) is 0 Å². The number of esters is 1. The van der Waals surface area contributed by atoms with Gasteiger partial charge in [-0.05, 0) is 13.1 Å². The van der Waals surface area contributed by atoms with Gasteiger partial charge in [0.05, 0.1) is 7.11 Å². The molecule has 0 aliphatic heterocycles. The highest BCUT2D eigenvalue weighted by atomic mass is 16.5. The van der Waals surface area contributed by atoms with Crippen molar-refractivity contribution in [3.8, 4) is 0 Å². The number of likely N-dealkylation sites (N-methyl/N-ethyl adjacent to an activating group) is 1. The third kappa shape index (κ3) is 1.67. The summed E-state index contributed by atoms with van der Waals surface area (Å²) in [7, 11) is 3.13. The number of aromatic nitrogens is 1. The van der Waals surface area contributed by atoms with Crippen LogP contribution in [0.25, 0.3) is 10.9 Å². The molecule has 1 heterocycles. The zero-order valence-electron chi connectivity index (χ0n) is 9.28. The minimum atomic E-state index is -0.429. The Balaban J connectivity index is 2.49.